The van der Waals surface area contributed by atoms with Crippen LogP contribution in [0.4, 0.5) is 0 Å². The third kappa shape index (κ3) is 47.7. The Bertz CT molecular complexity index is 1250. The SMILES string of the molecule is CCCCCCC/C=C\C/C=C\C/C=C\CCCCCCCCCCCCC(=O)NC(COP(=O)([O-])OCC[N+](C)(C)C)C(O)/C=C/CC/C=C/CC/C=C/CCCCCCCC. The summed E-state index contributed by atoms with van der Waals surface area (Å²) in [7, 11) is 1.22. The average molecular weight is 903 g/mol. The smallest absolute Gasteiger partial charge is 0.268 e. The summed E-state index contributed by atoms with van der Waals surface area (Å²) < 4.78 is 23.2. The predicted molar refractivity (Wildman–Crippen MR) is 270 cm³/mol. The third-order valence-corrected chi connectivity index (χ3v) is 12.1. The number of aliphatic hydroxyl groups excluding tert-OH is 1. The van der Waals surface area contributed by atoms with Crippen molar-refractivity contribution < 1.29 is 32.9 Å². The summed E-state index contributed by atoms with van der Waals surface area (Å²) >= 11 is 0. The molecule has 0 aromatic rings. The van der Waals surface area contributed by atoms with E-state index in [4.69, 9.17) is 9.05 Å². The summed E-state index contributed by atoms with van der Waals surface area (Å²) in [5.41, 5.74) is 0. The van der Waals surface area contributed by atoms with Crippen molar-refractivity contribution in [3.05, 3.63) is 72.9 Å². The highest BCUT2D eigenvalue weighted by Crippen LogP contribution is 2.38. The highest BCUT2D eigenvalue weighted by atomic mass is 31.2. The molecule has 0 spiro atoms. The fourth-order valence-electron chi connectivity index (χ4n) is 7.01. The van der Waals surface area contributed by atoms with Gasteiger partial charge in [0.15, 0.2) is 0 Å². The molecule has 0 aromatic carbocycles. The first-order valence-electron chi connectivity index (χ1n) is 25.8. The molecule has 0 aliphatic rings. The second-order valence-electron chi connectivity index (χ2n) is 18.5. The van der Waals surface area contributed by atoms with Crippen LogP contribution < -0.4 is 10.2 Å². The van der Waals surface area contributed by atoms with Crippen molar-refractivity contribution in [2.45, 2.75) is 225 Å². The molecular formula is C54H99N2O6P. The van der Waals surface area contributed by atoms with Gasteiger partial charge < -0.3 is 28.8 Å². The van der Waals surface area contributed by atoms with E-state index < -0.39 is 26.6 Å². The van der Waals surface area contributed by atoms with E-state index in [-0.39, 0.29) is 12.5 Å². The Morgan fingerprint density at radius 1 is 0.556 bits per heavy atom. The molecule has 0 saturated carbocycles. The number of aliphatic hydroxyl groups is 1. The highest BCUT2D eigenvalue weighted by molar-refractivity contribution is 7.45. The van der Waals surface area contributed by atoms with Crippen LogP contribution in [0.1, 0.15) is 213 Å². The van der Waals surface area contributed by atoms with Gasteiger partial charge in [0.1, 0.15) is 13.2 Å². The van der Waals surface area contributed by atoms with E-state index in [1.807, 2.05) is 27.2 Å². The van der Waals surface area contributed by atoms with Crippen molar-refractivity contribution in [1.82, 2.24) is 5.32 Å². The van der Waals surface area contributed by atoms with Crippen molar-refractivity contribution >= 4 is 13.7 Å². The lowest BCUT2D eigenvalue weighted by Gasteiger charge is -2.29. The summed E-state index contributed by atoms with van der Waals surface area (Å²) in [5, 5.41) is 13.8. The van der Waals surface area contributed by atoms with E-state index in [0.717, 1.165) is 57.8 Å². The van der Waals surface area contributed by atoms with Gasteiger partial charge in [-0.1, -0.05) is 196 Å². The molecule has 0 aliphatic carbocycles. The fraction of sp³-hybridized carbons (Fsp3) is 0.759. The van der Waals surface area contributed by atoms with Gasteiger partial charge >= 0.3 is 0 Å². The largest absolute Gasteiger partial charge is 0.756 e. The zero-order valence-electron chi connectivity index (χ0n) is 41.5. The standard InChI is InChI=1S/C54H99N2O6P/c1-6-8-10-12-14-16-18-20-22-24-25-26-27-28-29-30-31-32-34-36-38-40-42-44-46-48-54(58)55-52(51-62-63(59,60)61-50-49-56(3,4)5)53(57)47-45-43-41-39-37-35-33-23-21-19-17-15-13-11-9-7-2/h18,20-21,23-25,27-28,37,39,45,47,52-53,57H,6-17,19,22,26,29-36,38,40-44,46,48-51H2,1-5H3,(H-,55,58,59,60)/b20-18-,23-21+,25-24-,28-27-,39-37+,47-45+. The molecule has 3 unspecified atom stereocenters. The number of hydrogen-bond donors (Lipinski definition) is 2. The van der Waals surface area contributed by atoms with Crippen LogP contribution >= 0.6 is 7.82 Å². The molecule has 0 radical (unpaired) electrons. The number of quaternary nitrogens is 1. The first kappa shape index (κ1) is 60.9. The van der Waals surface area contributed by atoms with E-state index in [0.29, 0.717) is 17.4 Å². The number of likely N-dealkylation sites (N-methyl/N-ethyl adjacent to an activating group) is 1. The van der Waals surface area contributed by atoms with Crippen LogP contribution in [0, 0.1) is 0 Å². The number of nitrogens with one attached hydrogen (secondary N) is 1. The maximum Gasteiger partial charge on any atom is 0.268 e. The number of allylic oxidation sites excluding steroid dienone is 11. The maximum absolute atomic E-state index is 12.9. The molecule has 0 heterocycles. The molecule has 63 heavy (non-hydrogen) atoms. The predicted octanol–water partition coefficient (Wildman–Crippen LogP) is 14.5. The Morgan fingerprint density at radius 3 is 1.40 bits per heavy atom. The van der Waals surface area contributed by atoms with E-state index in [1.54, 1.807) is 6.08 Å². The molecule has 0 aliphatic heterocycles. The molecule has 3 atom stereocenters. The summed E-state index contributed by atoms with van der Waals surface area (Å²) in [5.74, 6) is -0.218. The van der Waals surface area contributed by atoms with Gasteiger partial charge in [-0.05, 0) is 83.5 Å². The number of carbonyl (C=O) groups is 1. The molecule has 0 bridgehead atoms. The minimum Gasteiger partial charge on any atom is -0.756 e. The van der Waals surface area contributed by atoms with Gasteiger partial charge in [-0.2, -0.15) is 0 Å². The zero-order valence-corrected chi connectivity index (χ0v) is 42.4. The second kappa shape index (κ2) is 45.1. The van der Waals surface area contributed by atoms with Gasteiger partial charge in [0.2, 0.25) is 5.91 Å². The molecule has 9 heteroatoms. The maximum atomic E-state index is 12.9. The molecule has 0 saturated heterocycles. The van der Waals surface area contributed by atoms with Crippen LogP contribution in [-0.2, 0) is 18.4 Å². The molecule has 366 valence electrons. The van der Waals surface area contributed by atoms with Crippen molar-refractivity contribution in [2.24, 2.45) is 0 Å². The Hall–Kier alpha value is -2.06. The van der Waals surface area contributed by atoms with Crippen LogP contribution in [-0.4, -0.2) is 68.5 Å². The van der Waals surface area contributed by atoms with Crippen LogP contribution in [0.5, 0.6) is 0 Å². The number of hydrogen-bond acceptors (Lipinski definition) is 6. The van der Waals surface area contributed by atoms with E-state index in [9.17, 15) is 19.4 Å². The van der Waals surface area contributed by atoms with Gasteiger partial charge in [-0.3, -0.25) is 9.36 Å². The number of amides is 1. The van der Waals surface area contributed by atoms with Gasteiger partial charge in [-0.25, -0.2) is 0 Å². The molecular weight excluding hydrogens is 804 g/mol. The molecule has 0 fully saturated rings. The number of unbranched alkanes of at least 4 members (excludes halogenated alkanes) is 23. The van der Waals surface area contributed by atoms with Gasteiger partial charge in [-0.15, -0.1) is 0 Å². The highest BCUT2D eigenvalue weighted by Gasteiger charge is 2.23. The lowest BCUT2D eigenvalue weighted by Crippen LogP contribution is -2.45. The monoisotopic (exact) mass is 903 g/mol. The molecule has 0 rings (SSSR count). The first-order valence-corrected chi connectivity index (χ1v) is 27.3. The van der Waals surface area contributed by atoms with Gasteiger partial charge in [0, 0.05) is 6.42 Å². The Balaban J connectivity index is 4.34. The Morgan fingerprint density at radius 2 is 0.937 bits per heavy atom. The van der Waals surface area contributed by atoms with Crippen LogP contribution in [0.25, 0.3) is 0 Å². The van der Waals surface area contributed by atoms with Crippen molar-refractivity contribution in [3.8, 4) is 0 Å². The minimum absolute atomic E-state index is 0.0128. The Labute approximate surface area is 389 Å². The number of carbonyl (C=O) groups excluding carboxylic acids is 1. The minimum atomic E-state index is -4.61. The molecule has 2 N–H and O–H groups in total. The summed E-state index contributed by atoms with van der Waals surface area (Å²) in [4.78, 5) is 25.4. The number of phosphoric ester groups is 1. The average Bonchev–Trinajstić information content (AvgIpc) is 3.24. The molecule has 8 nitrogen and oxygen atoms in total. The van der Waals surface area contributed by atoms with Crippen molar-refractivity contribution in [2.75, 3.05) is 40.9 Å². The third-order valence-electron chi connectivity index (χ3n) is 11.1. The van der Waals surface area contributed by atoms with Crippen molar-refractivity contribution in [3.63, 3.8) is 0 Å². The summed E-state index contributed by atoms with van der Waals surface area (Å²) in [6.07, 6.45) is 61.0. The number of phosphoric acid groups is 1. The lowest BCUT2D eigenvalue weighted by molar-refractivity contribution is -0.870. The van der Waals surface area contributed by atoms with Gasteiger partial charge in [0.05, 0.1) is 39.9 Å². The fourth-order valence-corrected chi connectivity index (χ4v) is 7.74. The van der Waals surface area contributed by atoms with Crippen molar-refractivity contribution in [1.29, 1.82) is 0 Å². The summed E-state index contributed by atoms with van der Waals surface area (Å²) in [6, 6.07) is -0.915. The van der Waals surface area contributed by atoms with Crippen LogP contribution in [0.2, 0.25) is 0 Å². The summed E-state index contributed by atoms with van der Waals surface area (Å²) in [6.45, 7) is 4.59. The van der Waals surface area contributed by atoms with E-state index in [2.05, 4.69) is 79.9 Å². The van der Waals surface area contributed by atoms with Crippen LogP contribution in [0.3, 0.4) is 0 Å². The van der Waals surface area contributed by atoms with Gasteiger partial charge in [0.25, 0.3) is 7.82 Å². The molecule has 1 amide bonds. The molecule has 0 aromatic heterocycles. The second-order valence-corrected chi connectivity index (χ2v) is 19.9. The van der Waals surface area contributed by atoms with E-state index in [1.165, 1.54) is 135 Å². The normalized spacial score (nSPS) is 14.7. The first-order chi connectivity index (χ1) is 30.5. The number of nitrogens with zero attached hydrogens (tertiary/aromatic N) is 1. The van der Waals surface area contributed by atoms with E-state index >= 15 is 0 Å². The zero-order chi connectivity index (χ0) is 46.4. The quantitative estimate of drug-likeness (QED) is 0.0273. The lowest BCUT2D eigenvalue weighted by atomic mass is 10.0. The topological polar surface area (TPSA) is 108 Å². The Kier molecular flexibility index (Phi) is 43.6. The number of rotatable bonds is 46. The van der Waals surface area contributed by atoms with Crippen LogP contribution in [0.15, 0.2) is 72.9 Å².